The third-order valence-corrected chi connectivity index (χ3v) is 8.35. The fourth-order valence-electron chi connectivity index (χ4n) is 6.70. The molecule has 32 heavy (non-hydrogen) atoms. The smallest absolute Gasteiger partial charge is 0.145 e. The number of ketones is 1. The van der Waals surface area contributed by atoms with Gasteiger partial charge in [-0.2, -0.15) is 0 Å². The zero-order valence-corrected chi connectivity index (χ0v) is 20.3. The first-order valence-electron chi connectivity index (χ1n) is 12.0. The van der Waals surface area contributed by atoms with E-state index in [1.165, 1.54) is 0 Å². The number of rotatable bonds is 6. The van der Waals surface area contributed by atoms with Crippen molar-refractivity contribution in [3.8, 4) is 11.5 Å². The summed E-state index contributed by atoms with van der Waals surface area (Å²) >= 11 is 0. The van der Waals surface area contributed by atoms with Crippen LogP contribution in [-0.4, -0.2) is 41.9 Å². The summed E-state index contributed by atoms with van der Waals surface area (Å²) in [6, 6.07) is 7.47. The highest BCUT2D eigenvalue weighted by molar-refractivity contribution is 5.88. The summed E-state index contributed by atoms with van der Waals surface area (Å²) in [5, 5.41) is 12.2. The SMILES string of the molecule is COc1ccc(OCC[C@@]2(C)O[C@@H](C=C(C)C)[C@]3(O)[C@H](C)[C@H]4CC[C@@H](C)[C@H]4C(=O)[C@H]32)cc1. The zero-order chi connectivity index (χ0) is 23.3. The maximum absolute atomic E-state index is 13.9. The molecule has 0 aromatic heterocycles. The van der Waals surface area contributed by atoms with Gasteiger partial charge in [0.2, 0.25) is 0 Å². The number of carbonyl (C=O) groups is 1. The minimum absolute atomic E-state index is 0.00471. The molecule has 1 aliphatic heterocycles. The van der Waals surface area contributed by atoms with Gasteiger partial charge < -0.3 is 19.3 Å². The lowest BCUT2D eigenvalue weighted by atomic mass is 9.55. The molecule has 0 bridgehead atoms. The van der Waals surface area contributed by atoms with Crippen LogP contribution in [0.3, 0.4) is 0 Å². The minimum atomic E-state index is -1.19. The molecule has 2 aliphatic carbocycles. The maximum atomic E-state index is 13.9. The molecule has 8 atom stereocenters. The predicted octanol–water partition coefficient (Wildman–Crippen LogP) is 4.82. The Morgan fingerprint density at radius 1 is 1.19 bits per heavy atom. The van der Waals surface area contributed by atoms with Gasteiger partial charge in [-0.25, -0.2) is 0 Å². The topological polar surface area (TPSA) is 65.0 Å². The summed E-state index contributed by atoms with van der Waals surface area (Å²) in [6.45, 7) is 10.7. The number of methoxy groups -OCH3 is 1. The molecule has 0 amide bonds. The Morgan fingerprint density at radius 2 is 1.84 bits per heavy atom. The van der Waals surface area contributed by atoms with Crippen LogP contribution in [0.1, 0.15) is 53.9 Å². The van der Waals surface area contributed by atoms with E-state index in [1.807, 2.05) is 51.1 Å². The van der Waals surface area contributed by atoms with E-state index in [2.05, 4.69) is 13.8 Å². The van der Waals surface area contributed by atoms with E-state index in [4.69, 9.17) is 14.2 Å². The van der Waals surface area contributed by atoms with Crippen LogP contribution in [0.5, 0.6) is 11.5 Å². The van der Waals surface area contributed by atoms with Crippen LogP contribution in [0.25, 0.3) is 0 Å². The van der Waals surface area contributed by atoms with Crippen LogP contribution >= 0.6 is 0 Å². The average Bonchev–Trinajstić information content (AvgIpc) is 3.23. The minimum Gasteiger partial charge on any atom is -0.497 e. The lowest BCUT2D eigenvalue weighted by Crippen LogP contribution is -2.62. The number of allylic oxidation sites excluding steroid dienone is 1. The van der Waals surface area contributed by atoms with E-state index in [0.717, 1.165) is 29.9 Å². The van der Waals surface area contributed by atoms with Crippen LogP contribution in [0, 0.1) is 29.6 Å². The van der Waals surface area contributed by atoms with Crippen molar-refractivity contribution in [2.24, 2.45) is 29.6 Å². The Labute approximate surface area is 192 Å². The molecular weight excluding hydrogens is 404 g/mol. The van der Waals surface area contributed by atoms with E-state index in [1.54, 1.807) is 7.11 Å². The van der Waals surface area contributed by atoms with Crippen molar-refractivity contribution in [1.82, 2.24) is 0 Å². The maximum Gasteiger partial charge on any atom is 0.145 e. The van der Waals surface area contributed by atoms with Crippen LogP contribution in [0.4, 0.5) is 0 Å². The Balaban J connectivity index is 1.60. The van der Waals surface area contributed by atoms with E-state index in [-0.39, 0.29) is 23.5 Å². The quantitative estimate of drug-likeness (QED) is 0.640. The number of fused-ring (bicyclic) bond motifs is 2. The zero-order valence-electron chi connectivity index (χ0n) is 20.3. The number of aliphatic hydroxyl groups is 1. The lowest BCUT2D eigenvalue weighted by Gasteiger charge is -2.49. The first-order chi connectivity index (χ1) is 15.1. The van der Waals surface area contributed by atoms with Crippen molar-refractivity contribution in [1.29, 1.82) is 0 Å². The molecule has 5 heteroatoms. The van der Waals surface area contributed by atoms with Gasteiger partial charge in [0.25, 0.3) is 0 Å². The second-order valence-corrected chi connectivity index (χ2v) is 10.6. The normalized spacial score (nSPS) is 40.5. The van der Waals surface area contributed by atoms with Crippen LogP contribution < -0.4 is 9.47 Å². The number of benzene rings is 1. The number of carbonyl (C=O) groups excluding carboxylic acids is 1. The molecule has 0 unspecified atom stereocenters. The molecule has 1 N–H and O–H groups in total. The molecule has 3 fully saturated rings. The molecule has 1 aromatic rings. The second-order valence-electron chi connectivity index (χ2n) is 10.6. The fraction of sp³-hybridized carbons (Fsp3) is 0.667. The monoisotopic (exact) mass is 442 g/mol. The fourth-order valence-corrected chi connectivity index (χ4v) is 6.70. The highest BCUT2D eigenvalue weighted by Crippen LogP contribution is 2.60. The Morgan fingerprint density at radius 3 is 2.47 bits per heavy atom. The van der Waals surface area contributed by atoms with Gasteiger partial charge >= 0.3 is 0 Å². The van der Waals surface area contributed by atoms with Gasteiger partial charge in [-0.1, -0.05) is 25.5 Å². The standard InChI is InChI=1S/C27H38O5/c1-16(2)15-22-27(29)18(4)21-12-7-17(3)23(21)24(28)25(27)26(5,32-22)13-14-31-20-10-8-19(30-6)9-11-20/h8-11,15,17-18,21-23,25,29H,7,12-14H2,1-6H3/t17-,18-,21-,22+,23-,25+,26-,27-/m1/s1. The Bertz CT molecular complexity index is 873. The summed E-state index contributed by atoms with van der Waals surface area (Å²) in [4.78, 5) is 13.9. The van der Waals surface area contributed by atoms with Gasteiger partial charge in [-0.15, -0.1) is 0 Å². The summed E-state index contributed by atoms with van der Waals surface area (Å²) in [5.41, 5.74) is -0.882. The van der Waals surface area contributed by atoms with Gasteiger partial charge in [0, 0.05) is 12.3 Å². The third-order valence-electron chi connectivity index (χ3n) is 8.35. The molecule has 5 nitrogen and oxygen atoms in total. The average molecular weight is 443 g/mol. The van der Waals surface area contributed by atoms with Crippen LogP contribution in [0.2, 0.25) is 0 Å². The molecule has 3 aliphatic rings. The summed E-state index contributed by atoms with van der Waals surface area (Å²) < 4.78 is 17.8. The van der Waals surface area contributed by atoms with Gasteiger partial charge in [0.15, 0.2) is 0 Å². The summed E-state index contributed by atoms with van der Waals surface area (Å²) in [5.74, 6) is 1.78. The molecule has 1 aromatic carbocycles. The summed E-state index contributed by atoms with van der Waals surface area (Å²) in [6.07, 6.45) is 4.11. The van der Waals surface area contributed by atoms with Crippen LogP contribution in [0.15, 0.2) is 35.9 Å². The van der Waals surface area contributed by atoms with E-state index in [0.29, 0.717) is 18.9 Å². The van der Waals surface area contributed by atoms with Crippen molar-refractivity contribution in [2.75, 3.05) is 13.7 Å². The van der Waals surface area contributed by atoms with Gasteiger partial charge in [0.05, 0.1) is 25.2 Å². The number of hydrogen-bond donors (Lipinski definition) is 1. The molecule has 1 saturated heterocycles. The molecule has 1 heterocycles. The molecular formula is C27H38O5. The lowest BCUT2D eigenvalue weighted by molar-refractivity contribution is -0.161. The van der Waals surface area contributed by atoms with Crippen LogP contribution in [-0.2, 0) is 9.53 Å². The Kier molecular flexibility index (Phi) is 6.19. The van der Waals surface area contributed by atoms with Crippen molar-refractivity contribution >= 4 is 5.78 Å². The number of ether oxygens (including phenoxy) is 3. The Hall–Kier alpha value is -1.85. The molecule has 0 spiro atoms. The van der Waals surface area contributed by atoms with E-state index in [9.17, 15) is 9.90 Å². The summed E-state index contributed by atoms with van der Waals surface area (Å²) in [7, 11) is 1.64. The highest BCUT2D eigenvalue weighted by Gasteiger charge is 2.71. The van der Waals surface area contributed by atoms with Crippen molar-refractivity contribution < 1.29 is 24.1 Å². The molecule has 0 radical (unpaired) electrons. The predicted molar refractivity (Wildman–Crippen MR) is 124 cm³/mol. The van der Waals surface area contributed by atoms with Gasteiger partial charge in [0.1, 0.15) is 29.0 Å². The van der Waals surface area contributed by atoms with Gasteiger partial charge in [-0.05, 0) is 75.6 Å². The first-order valence-corrected chi connectivity index (χ1v) is 12.0. The van der Waals surface area contributed by atoms with Crippen molar-refractivity contribution in [3.05, 3.63) is 35.9 Å². The van der Waals surface area contributed by atoms with Gasteiger partial charge in [-0.3, -0.25) is 4.79 Å². The molecule has 176 valence electrons. The third kappa shape index (κ3) is 3.67. The van der Waals surface area contributed by atoms with Crippen molar-refractivity contribution in [3.63, 3.8) is 0 Å². The number of hydrogen-bond acceptors (Lipinski definition) is 5. The second kappa shape index (κ2) is 8.49. The first kappa shape index (κ1) is 23.3. The molecule has 2 saturated carbocycles. The largest absolute Gasteiger partial charge is 0.497 e. The highest BCUT2D eigenvalue weighted by atomic mass is 16.5. The van der Waals surface area contributed by atoms with E-state index < -0.39 is 23.2 Å². The molecule has 4 rings (SSSR count). The van der Waals surface area contributed by atoms with Crippen molar-refractivity contribution in [2.45, 2.75) is 71.2 Å². The number of Topliss-reactive ketones (excluding diaryl/α,β-unsaturated/α-hetero) is 1. The van der Waals surface area contributed by atoms with E-state index >= 15 is 0 Å².